The summed E-state index contributed by atoms with van der Waals surface area (Å²) >= 11 is 0. The van der Waals surface area contributed by atoms with Crippen molar-refractivity contribution in [3.8, 4) is 0 Å². The fourth-order valence-corrected chi connectivity index (χ4v) is 3.26. The minimum absolute atomic E-state index is 0.00890. The predicted molar refractivity (Wildman–Crippen MR) is 119 cm³/mol. The van der Waals surface area contributed by atoms with Crippen molar-refractivity contribution in [2.24, 2.45) is 0 Å². The molecule has 8 nitrogen and oxygen atoms in total. The van der Waals surface area contributed by atoms with Crippen LogP contribution in [0.15, 0.2) is 67.0 Å². The van der Waals surface area contributed by atoms with Crippen LogP contribution in [0, 0.1) is 0 Å². The average Bonchev–Trinajstić information content (AvgIpc) is 3.23. The molecule has 1 aromatic carbocycles. The third-order valence-corrected chi connectivity index (χ3v) is 5.07. The summed E-state index contributed by atoms with van der Waals surface area (Å²) in [7, 11) is 0. The van der Waals surface area contributed by atoms with E-state index in [0.29, 0.717) is 43.2 Å². The van der Waals surface area contributed by atoms with Crippen molar-refractivity contribution >= 4 is 17.4 Å². The van der Waals surface area contributed by atoms with Gasteiger partial charge in [-0.05, 0) is 35.2 Å². The molecule has 2 N–H and O–H groups in total. The number of aryl methyl sites for hydroxylation is 1. The first kappa shape index (κ1) is 20.5. The SMILES string of the molecule is C[C@@H](CNC(=O)CCc1nnc2ccc(NCc3cccnc3)nn12)c1ccccc1. The first-order valence-electron chi connectivity index (χ1n) is 10.3. The number of pyridine rings is 1. The minimum atomic E-state index is -0.00890. The minimum Gasteiger partial charge on any atom is -0.364 e. The van der Waals surface area contributed by atoms with E-state index in [4.69, 9.17) is 0 Å². The summed E-state index contributed by atoms with van der Waals surface area (Å²) in [6.07, 6.45) is 4.35. The lowest BCUT2D eigenvalue weighted by Crippen LogP contribution is -2.27. The number of amides is 1. The van der Waals surface area contributed by atoms with Crippen molar-refractivity contribution in [2.75, 3.05) is 11.9 Å². The Balaban J connectivity index is 1.32. The number of carbonyl (C=O) groups is 1. The summed E-state index contributed by atoms with van der Waals surface area (Å²) in [6.45, 7) is 3.32. The monoisotopic (exact) mass is 415 g/mol. The van der Waals surface area contributed by atoms with E-state index in [1.807, 2.05) is 48.7 Å². The molecule has 0 fully saturated rings. The number of fused-ring (bicyclic) bond motifs is 1. The van der Waals surface area contributed by atoms with Crippen LogP contribution in [0.1, 0.15) is 36.2 Å². The van der Waals surface area contributed by atoms with Gasteiger partial charge in [0.25, 0.3) is 0 Å². The van der Waals surface area contributed by atoms with E-state index >= 15 is 0 Å². The van der Waals surface area contributed by atoms with Crippen molar-refractivity contribution in [3.05, 3.63) is 83.9 Å². The maximum Gasteiger partial charge on any atom is 0.220 e. The maximum atomic E-state index is 12.3. The molecular formula is C23H25N7O. The second-order valence-electron chi connectivity index (χ2n) is 7.44. The Bertz CT molecular complexity index is 1130. The van der Waals surface area contributed by atoms with Gasteiger partial charge in [-0.25, -0.2) is 0 Å². The van der Waals surface area contributed by atoms with Crippen molar-refractivity contribution in [1.29, 1.82) is 0 Å². The summed E-state index contributed by atoms with van der Waals surface area (Å²) in [6, 6.07) is 17.8. The van der Waals surface area contributed by atoms with Crippen LogP contribution in [0.25, 0.3) is 5.65 Å². The van der Waals surface area contributed by atoms with Crippen molar-refractivity contribution in [3.63, 3.8) is 0 Å². The quantitative estimate of drug-likeness (QED) is 0.436. The van der Waals surface area contributed by atoms with Crippen LogP contribution >= 0.6 is 0 Å². The predicted octanol–water partition coefficient (Wildman–Crippen LogP) is 2.98. The number of hydrogen-bond acceptors (Lipinski definition) is 6. The molecule has 0 saturated heterocycles. The number of nitrogens with one attached hydrogen (secondary N) is 2. The van der Waals surface area contributed by atoms with Crippen molar-refractivity contribution in [1.82, 2.24) is 30.1 Å². The standard InChI is InChI=1S/C23H25N7O/c1-17(19-7-3-2-4-8-19)14-26-23(31)12-11-22-28-27-21-10-9-20(29-30(21)22)25-16-18-6-5-13-24-15-18/h2-10,13,15,17H,11-12,14,16H2,1H3,(H,25,29)(H,26,31)/t17-/m0/s1. The zero-order valence-electron chi connectivity index (χ0n) is 17.4. The lowest BCUT2D eigenvalue weighted by molar-refractivity contribution is -0.121. The van der Waals surface area contributed by atoms with E-state index in [-0.39, 0.29) is 11.8 Å². The second-order valence-corrected chi connectivity index (χ2v) is 7.44. The zero-order chi connectivity index (χ0) is 21.5. The lowest BCUT2D eigenvalue weighted by atomic mass is 10.0. The molecule has 0 radical (unpaired) electrons. The van der Waals surface area contributed by atoms with Crippen molar-refractivity contribution < 1.29 is 4.79 Å². The van der Waals surface area contributed by atoms with Crippen LogP contribution in [0.2, 0.25) is 0 Å². The molecule has 4 rings (SSSR count). The molecule has 0 spiro atoms. The smallest absolute Gasteiger partial charge is 0.220 e. The van der Waals surface area contributed by atoms with Gasteiger partial charge in [0, 0.05) is 38.3 Å². The summed E-state index contributed by atoms with van der Waals surface area (Å²) in [4.78, 5) is 16.4. The van der Waals surface area contributed by atoms with Gasteiger partial charge in [-0.2, -0.15) is 4.52 Å². The number of anilines is 1. The third kappa shape index (κ3) is 5.42. The molecule has 3 heterocycles. The highest BCUT2D eigenvalue weighted by Gasteiger charge is 2.12. The largest absolute Gasteiger partial charge is 0.364 e. The molecule has 0 unspecified atom stereocenters. The highest BCUT2D eigenvalue weighted by atomic mass is 16.1. The highest BCUT2D eigenvalue weighted by Crippen LogP contribution is 2.13. The van der Waals surface area contributed by atoms with Gasteiger partial charge < -0.3 is 10.6 Å². The van der Waals surface area contributed by atoms with E-state index in [2.05, 4.69) is 50.0 Å². The first-order valence-corrected chi connectivity index (χ1v) is 10.3. The Morgan fingerprint density at radius 3 is 2.74 bits per heavy atom. The normalized spacial score (nSPS) is 11.9. The Hall–Kier alpha value is -3.81. The van der Waals surface area contributed by atoms with E-state index in [1.54, 1.807) is 10.7 Å². The van der Waals surface area contributed by atoms with Crippen LogP contribution in [0.3, 0.4) is 0 Å². The van der Waals surface area contributed by atoms with Gasteiger partial charge in [-0.15, -0.1) is 15.3 Å². The topological polar surface area (TPSA) is 97.1 Å². The molecule has 0 saturated carbocycles. The second kappa shape index (κ2) is 9.80. The van der Waals surface area contributed by atoms with E-state index in [1.165, 1.54) is 5.56 Å². The average molecular weight is 416 g/mol. The van der Waals surface area contributed by atoms with Gasteiger partial charge in [-0.1, -0.05) is 43.3 Å². The van der Waals surface area contributed by atoms with E-state index in [9.17, 15) is 4.79 Å². The fraction of sp³-hybridized carbons (Fsp3) is 0.261. The van der Waals surface area contributed by atoms with Crippen molar-refractivity contribution in [2.45, 2.75) is 32.2 Å². The molecule has 1 atom stereocenters. The molecule has 8 heteroatoms. The molecule has 3 aromatic heterocycles. The fourth-order valence-electron chi connectivity index (χ4n) is 3.26. The van der Waals surface area contributed by atoms with E-state index < -0.39 is 0 Å². The number of aromatic nitrogens is 5. The molecule has 0 aliphatic heterocycles. The summed E-state index contributed by atoms with van der Waals surface area (Å²) in [5.41, 5.74) is 2.93. The Kier molecular flexibility index (Phi) is 6.47. The molecule has 0 aliphatic carbocycles. The van der Waals surface area contributed by atoms with Crippen LogP contribution in [0.4, 0.5) is 5.82 Å². The first-order chi connectivity index (χ1) is 15.2. The summed E-state index contributed by atoms with van der Waals surface area (Å²) in [5.74, 6) is 1.62. The molecule has 158 valence electrons. The van der Waals surface area contributed by atoms with Gasteiger partial charge in [0.2, 0.25) is 5.91 Å². The summed E-state index contributed by atoms with van der Waals surface area (Å²) < 4.78 is 1.69. The van der Waals surface area contributed by atoms with Crippen LogP contribution in [-0.4, -0.2) is 37.2 Å². The number of rotatable bonds is 9. The third-order valence-electron chi connectivity index (χ3n) is 5.07. The van der Waals surface area contributed by atoms with Gasteiger partial charge in [0.05, 0.1) is 0 Å². The number of benzene rings is 1. The van der Waals surface area contributed by atoms with Gasteiger partial charge in [-0.3, -0.25) is 9.78 Å². The van der Waals surface area contributed by atoms with Gasteiger partial charge in [0.1, 0.15) is 5.82 Å². The van der Waals surface area contributed by atoms with Crippen LogP contribution in [0.5, 0.6) is 0 Å². The molecule has 4 aromatic rings. The Morgan fingerprint density at radius 1 is 1.06 bits per heavy atom. The number of nitrogens with zero attached hydrogens (tertiary/aromatic N) is 5. The number of hydrogen-bond donors (Lipinski definition) is 2. The highest BCUT2D eigenvalue weighted by molar-refractivity contribution is 5.76. The van der Waals surface area contributed by atoms with Gasteiger partial charge >= 0.3 is 0 Å². The Morgan fingerprint density at radius 2 is 1.94 bits per heavy atom. The summed E-state index contributed by atoms with van der Waals surface area (Å²) in [5, 5.41) is 19.2. The van der Waals surface area contributed by atoms with E-state index in [0.717, 1.165) is 5.56 Å². The molecule has 0 aliphatic rings. The molecular weight excluding hydrogens is 390 g/mol. The lowest BCUT2D eigenvalue weighted by Gasteiger charge is -2.12. The zero-order valence-corrected chi connectivity index (χ0v) is 17.4. The van der Waals surface area contributed by atoms with Crippen LogP contribution in [-0.2, 0) is 17.8 Å². The Labute approximate surface area is 180 Å². The maximum absolute atomic E-state index is 12.3. The molecule has 1 amide bonds. The number of carbonyl (C=O) groups excluding carboxylic acids is 1. The molecule has 0 bridgehead atoms. The van der Waals surface area contributed by atoms with Gasteiger partial charge in [0.15, 0.2) is 11.5 Å². The molecule has 31 heavy (non-hydrogen) atoms. The van der Waals surface area contributed by atoms with Crippen LogP contribution < -0.4 is 10.6 Å².